The van der Waals surface area contributed by atoms with Crippen LogP contribution in [0.15, 0.2) is 60.2 Å². The number of piperidine rings is 1. The molecule has 4 amide bonds. The molecule has 2 atom stereocenters. The minimum Gasteiger partial charge on any atom is -0.378 e. The molecule has 1 aliphatic carbocycles. The summed E-state index contributed by atoms with van der Waals surface area (Å²) in [5.41, 5.74) is 8.25. The normalized spacial score (nSPS) is 20.1. The Morgan fingerprint density at radius 1 is 1.07 bits per heavy atom. The molecule has 2 fully saturated rings. The molecule has 0 saturated carbocycles. The first-order valence-electron chi connectivity index (χ1n) is 13.7. The summed E-state index contributed by atoms with van der Waals surface area (Å²) in [5, 5.41) is 9.08. The van der Waals surface area contributed by atoms with E-state index in [0.29, 0.717) is 61.6 Å². The number of ether oxygens (including phenoxy) is 1. The van der Waals surface area contributed by atoms with Crippen LogP contribution in [0.5, 0.6) is 0 Å². The van der Waals surface area contributed by atoms with E-state index in [0.717, 1.165) is 25.0 Å². The maximum atomic E-state index is 12.8. The molecule has 11 nitrogen and oxygen atoms in total. The molecule has 12 heteroatoms. The molecule has 3 aliphatic rings. The highest BCUT2D eigenvalue weighted by atomic mass is 35.5. The first kappa shape index (κ1) is 28.4. The maximum Gasteiger partial charge on any atom is 0.315 e. The van der Waals surface area contributed by atoms with Gasteiger partial charge >= 0.3 is 6.03 Å². The lowest BCUT2D eigenvalue weighted by Gasteiger charge is -2.44. The maximum absolute atomic E-state index is 12.8. The van der Waals surface area contributed by atoms with Gasteiger partial charge in [0.25, 0.3) is 11.8 Å². The topological polar surface area (TPSA) is 142 Å². The zero-order valence-corrected chi connectivity index (χ0v) is 23.4. The van der Waals surface area contributed by atoms with Gasteiger partial charge in [-0.05, 0) is 54.8 Å². The van der Waals surface area contributed by atoms with Gasteiger partial charge in [0, 0.05) is 43.3 Å². The highest BCUT2D eigenvalue weighted by molar-refractivity contribution is 6.18. The standard InChI is InChI=1S/C29H34ClN7O4/c30-12-13-32-29(40)34-23-5-2-14-37(25(23)19-3-1-4-19)24-11-10-22(26(31)38)27(35-24)33-21-8-6-20(7-9-21)28(39)36-15-17-41-18-16-36/h1,3-4,6-11,23,25H,2,5,12-18H2,(H2,31,38)(H,33,35)(H2,32,34,40). The largest absolute Gasteiger partial charge is 0.378 e. The van der Waals surface area contributed by atoms with Gasteiger partial charge < -0.3 is 36.2 Å². The summed E-state index contributed by atoms with van der Waals surface area (Å²) < 4.78 is 5.34. The number of nitrogens with zero attached hydrogens (tertiary/aromatic N) is 3. The van der Waals surface area contributed by atoms with E-state index < -0.39 is 5.91 Å². The average Bonchev–Trinajstić information content (AvgIpc) is 2.96. The molecular weight excluding hydrogens is 546 g/mol. The molecule has 5 rings (SSSR count). The van der Waals surface area contributed by atoms with E-state index in [-0.39, 0.29) is 29.6 Å². The quantitative estimate of drug-likeness (QED) is 0.335. The van der Waals surface area contributed by atoms with Gasteiger partial charge in [0.2, 0.25) is 0 Å². The predicted octanol–water partition coefficient (Wildman–Crippen LogP) is 2.77. The second-order valence-corrected chi connectivity index (χ2v) is 10.4. The number of amides is 4. The van der Waals surface area contributed by atoms with E-state index >= 15 is 0 Å². The molecule has 1 aromatic heterocycles. The van der Waals surface area contributed by atoms with E-state index in [9.17, 15) is 14.4 Å². The number of aromatic nitrogens is 1. The molecule has 216 valence electrons. The smallest absolute Gasteiger partial charge is 0.315 e. The minimum absolute atomic E-state index is 0.0483. The van der Waals surface area contributed by atoms with Gasteiger partial charge in [-0.1, -0.05) is 18.2 Å². The van der Waals surface area contributed by atoms with E-state index in [1.807, 2.05) is 18.2 Å². The number of urea groups is 1. The number of halogens is 1. The van der Waals surface area contributed by atoms with Crippen LogP contribution in [-0.2, 0) is 4.74 Å². The third-order valence-electron chi connectivity index (χ3n) is 7.38. The summed E-state index contributed by atoms with van der Waals surface area (Å²) in [6.45, 7) is 3.30. The number of hydrogen-bond donors (Lipinski definition) is 4. The van der Waals surface area contributed by atoms with Gasteiger partial charge in [-0.2, -0.15) is 0 Å². The van der Waals surface area contributed by atoms with Crippen LogP contribution in [0.1, 0.15) is 33.6 Å². The van der Waals surface area contributed by atoms with Crippen molar-refractivity contribution in [2.24, 2.45) is 5.73 Å². The molecular formula is C29H34ClN7O4. The highest BCUT2D eigenvalue weighted by Gasteiger charge is 2.36. The lowest BCUT2D eigenvalue weighted by molar-refractivity contribution is 0.0303. The Hall–Kier alpha value is -4.09. The molecule has 0 radical (unpaired) electrons. The summed E-state index contributed by atoms with van der Waals surface area (Å²) in [7, 11) is 0. The number of pyridine rings is 1. The van der Waals surface area contributed by atoms with E-state index in [1.165, 1.54) is 0 Å². The third kappa shape index (κ3) is 6.63. The lowest BCUT2D eigenvalue weighted by Crippen LogP contribution is -2.58. The van der Waals surface area contributed by atoms with Gasteiger partial charge in [0.05, 0.1) is 30.9 Å². The second-order valence-electron chi connectivity index (χ2n) is 10.0. The zero-order valence-electron chi connectivity index (χ0n) is 22.6. The number of benzene rings is 1. The van der Waals surface area contributed by atoms with Crippen LogP contribution in [0.2, 0.25) is 0 Å². The number of alkyl halides is 1. The number of carbonyl (C=O) groups is 3. The number of rotatable bonds is 9. The van der Waals surface area contributed by atoms with Crippen molar-refractivity contribution in [1.82, 2.24) is 20.5 Å². The Kier molecular flexibility index (Phi) is 9.05. The van der Waals surface area contributed by atoms with Crippen molar-refractivity contribution in [3.05, 3.63) is 71.3 Å². The Labute approximate surface area is 243 Å². The number of morpholine rings is 1. The number of nitrogens with one attached hydrogen (secondary N) is 3. The van der Waals surface area contributed by atoms with Gasteiger partial charge in [0.15, 0.2) is 0 Å². The van der Waals surface area contributed by atoms with E-state index in [2.05, 4.69) is 20.9 Å². The van der Waals surface area contributed by atoms with Crippen LogP contribution in [-0.4, -0.2) is 85.1 Å². The van der Waals surface area contributed by atoms with Gasteiger partial charge in [-0.15, -0.1) is 11.6 Å². The van der Waals surface area contributed by atoms with Crippen molar-refractivity contribution in [1.29, 1.82) is 0 Å². The monoisotopic (exact) mass is 579 g/mol. The zero-order chi connectivity index (χ0) is 28.8. The predicted molar refractivity (Wildman–Crippen MR) is 158 cm³/mol. The Bertz CT molecular complexity index is 1340. The highest BCUT2D eigenvalue weighted by Crippen LogP contribution is 2.33. The average molecular weight is 580 g/mol. The summed E-state index contributed by atoms with van der Waals surface area (Å²) in [4.78, 5) is 46.3. The first-order chi connectivity index (χ1) is 19.9. The van der Waals surface area contributed by atoms with Crippen molar-refractivity contribution >= 4 is 46.8 Å². The number of carbonyl (C=O) groups excluding carboxylic acids is 3. The van der Waals surface area contributed by atoms with Gasteiger partial charge in [-0.25, -0.2) is 9.78 Å². The van der Waals surface area contributed by atoms with Crippen molar-refractivity contribution in [3.63, 3.8) is 0 Å². The van der Waals surface area contributed by atoms with Crippen molar-refractivity contribution in [3.8, 4) is 0 Å². The van der Waals surface area contributed by atoms with Crippen molar-refractivity contribution < 1.29 is 19.1 Å². The molecule has 2 aliphatic heterocycles. The third-order valence-corrected chi connectivity index (χ3v) is 7.57. The van der Waals surface area contributed by atoms with Crippen LogP contribution >= 0.6 is 11.6 Å². The lowest BCUT2D eigenvalue weighted by atomic mass is 9.86. The second kappa shape index (κ2) is 13.0. The molecule has 0 bridgehead atoms. The number of hydrogen-bond acceptors (Lipinski definition) is 7. The molecule has 5 N–H and O–H groups in total. The number of primary amides is 1. The molecule has 41 heavy (non-hydrogen) atoms. The Morgan fingerprint density at radius 3 is 2.49 bits per heavy atom. The Balaban J connectivity index is 1.37. The van der Waals surface area contributed by atoms with E-state index in [4.69, 9.17) is 27.1 Å². The molecule has 0 spiro atoms. The molecule has 1 aromatic carbocycles. The summed E-state index contributed by atoms with van der Waals surface area (Å²) in [5.74, 6) is 0.638. The van der Waals surface area contributed by atoms with E-state index in [1.54, 1.807) is 41.3 Å². The van der Waals surface area contributed by atoms with Crippen LogP contribution in [0.25, 0.3) is 0 Å². The summed E-state index contributed by atoms with van der Waals surface area (Å²) in [6.07, 6.45) is 7.68. The first-order valence-corrected chi connectivity index (χ1v) is 14.3. The van der Waals surface area contributed by atoms with Crippen molar-refractivity contribution in [2.45, 2.75) is 24.9 Å². The van der Waals surface area contributed by atoms with Gasteiger partial charge in [-0.3, -0.25) is 9.59 Å². The van der Waals surface area contributed by atoms with Crippen LogP contribution in [0, 0.1) is 0 Å². The minimum atomic E-state index is -0.610. The molecule has 2 aromatic rings. The summed E-state index contributed by atoms with van der Waals surface area (Å²) in [6, 6.07) is 9.93. The molecule has 3 heterocycles. The fourth-order valence-electron chi connectivity index (χ4n) is 5.29. The SMILES string of the molecule is NC(=O)c1ccc(N2CCCC(NC(=O)NCCCl)C2C2=CC=C2)nc1Nc1ccc(C(=O)N2CCOCC2)cc1. The number of nitrogens with two attached hydrogens (primary N) is 1. The van der Waals surface area contributed by atoms with Crippen LogP contribution in [0.4, 0.5) is 22.1 Å². The van der Waals surface area contributed by atoms with Crippen molar-refractivity contribution in [2.75, 3.05) is 55.5 Å². The van der Waals surface area contributed by atoms with Crippen LogP contribution < -0.4 is 26.6 Å². The van der Waals surface area contributed by atoms with Gasteiger partial charge in [0.1, 0.15) is 11.6 Å². The fourth-order valence-corrected chi connectivity index (χ4v) is 5.38. The summed E-state index contributed by atoms with van der Waals surface area (Å²) >= 11 is 5.73. The van der Waals surface area contributed by atoms with Crippen LogP contribution in [0.3, 0.4) is 0 Å². The fraction of sp³-hybridized carbons (Fsp3) is 0.379. The molecule has 2 saturated heterocycles. The number of allylic oxidation sites excluding steroid dienone is 2. The molecule has 2 unspecified atom stereocenters. The number of anilines is 3. The Morgan fingerprint density at radius 2 is 1.83 bits per heavy atom.